The Kier molecular flexibility index (Phi) is 7.03. The van der Waals surface area contributed by atoms with Gasteiger partial charge in [-0.3, -0.25) is 4.79 Å². The Bertz CT molecular complexity index is 1620. The van der Waals surface area contributed by atoms with Crippen molar-refractivity contribution in [1.29, 1.82) is 0 Å². The minimum absolute atomic E-state index is 0.0190. The highest BCUT2D eigenvalue weighted by atomic mass is 35.5. The first-order valence-corrected chi connectivity index (χ1v) is 16.1. The predicted octanol–water partition coefficient (Wildman–Crippen LogP) is 5.27. The van der Waals surface area contributed by atoms with E-state index in [2.05, 4.69) is 17.0 Å². The second-order valence-corrected chi connectivity index (χ2v) is 13.7. The van der Waals surface area contributed by atoms with Crippen LogP contribution in [0.5, 0.6) is 11.5 Å². The Morgan fingerprint density at radius 1 is 0.905 bits per heavy atom. The topological polar surface area (TPSA) is 79.4 Å². The van der Waals surface area contributed by atoms with Crippen LogP contribution in [0.3, 0.4) is 0 Å². The third-order valence-electron chi connectivity index (χ3n) is 9.00. The van der Waals surface area contributed by atoms with Crippen molar-refractivity contribution in [2.45, 2.75) is 48.6 Å². The molecule has 42 heavy (non-hydrogen) atoms. The zero-order chi connectivity index (χ0) is 29.0. The van der Waals surface area contributed by atoms with Gasteiger partial charge >= 0.3 is 0 Å². The van der Waals surface area contributed by atoms with Crippen molar-refractivity contribution in [2.24, 2.45) is 0 Å². The van der Waals surface area contributed by atoms with E-state index in [4.69, 9.17) is 21.1 Å². The molecule has 3 saturated heterocycles. The van der Waals surface area contributed by atoms with Crippen LogP contribution in [0.25, 0.3) is 0 Å². The van der Waals surface area contributed by atoms with Crippen molar-refractivity contribution in [3.05, 3.63) is 82.6 Å². The predicted molar refractivity (Wildman–Crippen MR) is 156 cm³/mol. The van der Waals surface area contributed by atoms with E-state index in [1.54, 1.807) is 21.3 Å². The lowest BCUT2D eigenvalue weighted by Gasteiger charge is -2.43. The molecule has 2 bridgehead atoms. The molecule has 0 unspecified atom stereocenters. The number of anilines is 1. The molecule has 3 aromatic carbocycles. The quantitative estimate of drug-likeness (QED) is 0.391. The van der Waals surface area contributed by atoms with Gasteiger partial charge in [-0.25, -0.2) is 12.8 Å². The number of amides is 1. The van der Waals surface area contributed by atoms with Crippen LogP contribution in [-0.4, -0.2) is 68.6 Å². The standard InChI is InChI=1S/C31H31ClFN3O5S/c32-27-14-22(33)6-9-26(27)31(37)34-17-23-7-8-24(18-34)36(23)28-15-25(16-29-30(28)41-19-40-29)42(38,39)35-12-10-21(11-13-35)20-4-2-1-3-5-20/h1-6,9,14-16,21,23-24H,7-8,10-13,17-19H2/t23-,24+. The number of carbonyl (C=O) groups excluding carboxylic acids is 1. The fraction of sp³-hybridized carbons (Fsp3) is 0.387. The van der Waals surface area contributed by atoms with Gasteiger partial charge in [0.25, 0.3) is 5.91 Å². The first kappa shape index (κ1) is 27.5. The Labute approximate surface area is 249 Å². The Morgan fingerprint density at radius 2 is 1.62 bits per heavy atom. The van der Waals surface area contributed by atoms with Gasteiger partial charge in [0.15, 0.2) is 11.5 Å². The zero-order valence-corrected chi connectivity index (χ0v) is 24.5. The molecule has 0 aromatic heterocycles. The Balaban J connectivity index is 1.14. The van der Waals surface area contributed by atoms with E-state index in [-0.39, 0.29) is 40.3 Å². The maximum Gasteiger partial charge on any atom is 0.255 e. The van der Waals surface area contributed by atoms with Crippen LogP contribution in [-0.2, 0) is 10.0 Å². The molecule has 1 amide bonds. The molecule has 11 heteroatoms. The molecule has 4 heterocycles. The highest BCUT2D eigenvalue weighted by Crippen LogP contribution is 2.48. The second kappa shape index (κ2) is 10.7. The number of benzene rings is 3. The van der Waals surface area contributed by atoms with Crippen molar-refractivity contribution in [3.63, 3.8) is 0 Å². The molecule has 0 saturated carbocycles. The number of rotatable bonds is 5. The van der Waals surface area contributed by atoms with E-state index < -0.39 is 15.8 Å². The third kappa shape index (κ3) is 4.79. The lowest BCUT2D eigenvalue weighted by Crippen LogP contribution is -2.55. The van der Waals surface area contributed by atoms with Crippen LogP contribution >= 0.6 is 11.6 Å². The number of halogens is 2. The van der Waals surface area contributed by atoms with Gasteiger partial charge in [-0.2, -0.15) is 4.31 Å². The minimum Gasteiger partial charge on any atom is -0.453 e. The fourth-order valence-corrected chi connectivity index (χ4v) is 8.66. The van der Waals surface area contributed by atoms with E-state index in [0.717, 1.165) is 31.7 Å². The SMILES string of the molecule is O=C(c1ccc(F)cc1Cl)N1C[C@H]2CC[C@@H](C1)N2c1cc(S(=O)(=O)N2CCC(c3ccccc3)CC2)cc2c1OCO2. The molecular weight excluding hydrogens is 581 g/mol. The van der Waals surface area contributed by atoms with E-state index in [1.807, 2.05) is 18.2 Å². The van der Waals surface area contributed by atoms with Crippen molar-refractivity contribution >= 4 is 33.2 Å². The number of carbonyl (C=O) groups is 1. The van der Waals surface area contributed by atoms with Crippen LogP contribution in [0.1, 0.15) is 47.5 Å². The first-order chi connectivity index (χ1) is 20.3. The smallest absolute Gasteiger partial charge is 0.255 e. The molecule has 4 aliphatic rings. The monoisotopic (exact) mass is 611 g/mol. The molecule has 0 N–H and O–H groups in total. The lowest BCUT2D eigenvalue weighted by atomic mass is 9.90. The summed E-state index contributed by atoms with van der Waals surface area (Å²) in [4.78, 5) is 17.5. The number of likely N-dealkylation sites (tertiary alicyclic amines) is 1. The van der Waals surface area contributed by atoms with Gasteiger partial charge in [-0.15, -0.1) is 0 Å². The minimum atomic E-state index is -3.77. The van der Waals surface area contributed by atoms with Crippen LogP contribution in [0.4, 0.5) is 10.1 Å². The van der Waals surface area contributed by atoms with Crippen LogP contribution < -0.4 is 14.4 Å². The highest BCUT2D eigenvalue weighted by molar-refractivity contribution is 7.89. The van der Waals surface area contributed by atoms with Gasteiger partial charge < -0.3 is 19.3 Å². The number of sulfonamides is 1. The summed E-state index contributed by atoms with van der Waals surface area (Å²) in [5.74, 6) is 0.560. The maximum absolute atomic E-state index is 13.9. The van der Waals surface area contributed by atoms with Crippen LogP contribution in [0, 0.1) is 5.82 Å². The van der Waals surface area contributed by atoms with Gasteiger partial charge in [0, 0.05) is 44.3 Å². The van der Waals surface area contributed by atoms with E-state index >= 15 is 0 Å². The summed E-state index contributed by atoms with van der Waals surface area (Å²) < 4.78 is 54.5. The van der Waals surface area contributed by atoms with Crippen molar-refractivity contribution in [3.8, 4) is 11.5 Å². The average Bonchev–Trinajstić information content (AvgIpc) is 3.58. The summed E-state index contributed by atoms with van der Waals surface area (Å²) in [6.07, 6.45) is 3.20. The average molecular weight is 612 g/mol. The van der Waals surface area contributed by atoms with Gasteiger partial charge in [-0.1, -0.05) is 41.9 Å². The zero-order valence-electron chi connectivity index (χ0n) is 22.9. The van der Waals surface area contributed by atoms with Crippen molar-refractivity contribution in [2.75, 3.05) is 37.9 Å². The van der Waals surface area contributed by atoms with Gasteiger partial charge in [-0.05, 0) is 61.4 Å². The number of fused-ring (bicyclic) bond motifs is 3. The van der Waals surface area contributed by atoms with Gasteiger partial charge in [0.05, 0.1) is 21.2 Å². The lowest BCUT2D eigenvalue weighted by molar-refractivity contribution is 0.0718. The Morgan fingerprint density at radius 3 is 2.31 bits per heavy atom. The summed E-state index contributed by atoms with van der Waals surface area (Å²) in [6.45, 7) is 1.78. The highest BCUT2D eigenvalue weighted by Gasteiger charge is 2.44. The van der Waals surface area contributed by atoms with E-state index in [1.165, 1.54) is 17.7 Å². The summed E-state index contributed by atoms with van der Waals surface area (Å²) >= 11 is 6.19. The molecule has 3 aromatic rings. The number of hydrogen-bond acceptors (Lipinski definition) is 6. The second-order valence-electron chi connectivity index (χ2n) is 11.4. The molecule has 0 aliphatic carbocycles. The van der Waals surface area contributed by atoms with E-state index in [0.29, 0.717) is 49.3 Å². The number of ether oxygens (including phenoxy) is 2. The molecule has 0 spiro atoms. The molecule has 0 radical (unpaired) electrons. The first-order valence-electron chi connectivity index (χ1n) is 14.3. The molecule has 4 aliphatic heterocycles. The van der Waals surface area contributed by atoms with Crippen molar-refractivity contribution in [1.82, 2.24) is 9.21 Å². The summed E-state index contributed by atoms with van der Waals surface area (Å²) in [7, 11) is -3.77. The van der Waals surface area contributed by atoms with E-state index in [9.17, 15) is 17.6 Å². The molecule has 2 atom stereocenters. The number of piperidine rings is 1. The third-order valence-corrected chi connectivity index (χ3v) is 11.2. The molecule has 7 rings (SSSR count). The van der Waals surface area contributed by atoms with Crippen LogP contribution in [0.15, 0.2) is 65.6 Å². The number of nitrogens with zero attached hydrogens (tertiary/aromatic N) is 3. The largest absolute Gasteiger partial charge is 0.453 e. The Hall–Kier alpha value is -3.34. The summed E-state index contributed by atoms with van der Waals surface area (Å²) in [6, 6.07) is 17.3. The fourth-order valence-electron chi connectivity index (χ4n) is 6.91. The maximum atomic E-state index is 13.9. The molecular formula is C31H31ClFN3O5S. The normalized spacial score (nSPS) is 22.5. The van der Waals surface area contributed by atoms with Crippen molar-refractivity contribution < 1.29 is 27.1 Å². The van der Waals surface area contributed by atoms with Gasteiger partial charge in [0.1, 0.15) is 5.82 Å². The van der Waals surface area contributed by atoms with Gasteiger partial charge in [0.2, 0.25) is 16.8 Å². The molecule has 3 fully saturated rings. The summed E-state index contributed by atoms with van der Waals surface area (Å²) in [5, 5.41) is 0.0869. The number of hydrogen-bond donors (Lipinski definition) is 0. The molecule has 220 valence electrons. The molecule has 8 nitrogen and oxygen atoms in total. The summed E-state index contributed by atoms with van der Waals surface area (Å²) in [5.41, 5.74) is 2.20. The number of piperazine rings is 1. The van der Waals surface area contributed by atoms with Crippen LogP contribution in [0.2, 0.25) is 5.02 Å².